The van der Waals surface area contributed by atoms with E-state index in [1.807, 2.05) is 23.7 Å². The molecule has 1 fully saturated rings. The van der Waals surface area contributed by atoms with Crippen molar-refractivity contribution in [2.24, 2.45) is 10.2 Å². The van der Waals surface area contributed by atoms with Gasteiger partial charge in [0.1, 0.15) is 11.9 Å². The zero-order valence-electron chi connectivity index (χ0n) is 11.7. The van der Waals surface area contributed by atoms with Crippen LogP contribution >= 0.6 is 11.3 Å². The van der Waals surface area contributed by atoms with Gasteiger partial charge in [0.15, 0.2) is 0 Å². The van der Waals surface area contributed by atoms with Crippen molar-refractivity contribution in [3.8, 4) is 0 Å². The summed E-state index contributed by atoms with van der Waals surface area (Å²) in [7, 11) is 0. The number of benzene rings is 1. The fourth-order valence-corrected chi connectivity index (χ4v) is 3.17. The van der Waals surface area contributed by atoms with Crippen LogP contribution in [0.4, 0.5) is 16.5 Å². The maximum Gasteiger partial charge on any atom is 0.408 e. The molecule has 20 heavy (non-hydrogen) atoms. The molecule has 4 nitrogen and oxygen atoms in total. The Hall–Kier alpha value is -1.75. The van der Waals surface area contributed by atoms with Crippen molar-refractivity contribution in [1.29, 1.82) is 0 Å². The van der Waals surface area contributed by atoms with E-state index in [1.54, 1.807) is 11.3 Å². The van der Waals surface area contributed by atoms with Crippen molar-refractivity contribution in [2.75, 3.05) is 18.0 Å². The number of hydrogen-bond donors (Lipinski definition) is 0. The van der Waals surface area contributed by atoms with Crippen LogP contribution in [0.5, 0.6) is 0 Å². The normalized spacial score (nSPS) is 15.3. The van der Waals surface area contributed by atoms with Gasteiger partial charge in [0.25, 0.3) is 0 Å². The Labute approximate surface area is 123 Å². The molecule has 1 aromatic carbocycles. The lowest BCUT2D eigenvalue weighted by Crippen LogP contribution is -2.28. The molecule has 1 aliphatic heterocycles. The van der Waals surface area contributed by atoms with E-state index in [1.165, 1.54) is 31.6 Å². The predicted octanol–water partition coefficient (Wildman–Crippen LogP) is 4.07. The van der Waals surface area contributed by atoms with Crippen molar-refractivity contribution in [3.05, 3.63) is 35.8 Å². The Bertz CT molecular complexity index is 582. The van der Waals surface area contributed by atoms with Gasteiger partial charge in [-0.25, -0.2) is 4.57 Å². The summed E-state index contributed by atoms with van der Waals surface area (Å²) < 4.78 is 2.09. The van der Waals surface area contributed by atoms with Crippen LogP contribution in [0.15, 0.2) is 46.1 Å². The minimum Gasteiger partial charge on any atom is -0.372 e. The van der Waals surface area contributed by atoms with E-state index in [2.05, 4.69) is 38.8 Å². The molecule has 0 atom stereocenters. The van der Waals surface area contributed by atoms with E-state index >= 15 is 0 Å². The third kappa shape index (κ3) is 2.88. The number of rotatable bonds is 4. The van der Waals surface area contributed by atoms with Gasteiger partial charge in [0, 0.05) is 24.2 Å². The fourth-order valence-electron chi connectivity index (χ4n) is 2.42. The van der Waals surface area contributed by atoms with Gasteiger partial charge < -0.3 is 4.90 Å². The van der Waals surface area contributed by atoms with Gasteiger partial charge in [-0.2, -0.15) is 0 Å². The van der Waals surface area contributed by atoms with Crippen LogP contribution in [0.2, 0.25) is 0 Å². The maximum atomic E-state index is 4.33. The van der Waals surface area contributed by atoms with E-state index in [-0.39, 0.29) is 0 Å². The third-order valence-corrected chi connectivity index (χ3v) is 4.36. The fraction of sp³-hybridized carbons (Fsp3) is 0.400. The van der Waals surface area contributed by atoms with Crippen LogP contribution in [0.3, 0.4) is 0 Å². The Morgan fingerprint density at radius 2 is 1.90 bits per heavy atom. The number of aryl methyl sites for hydroxylation is 1. The molecular weight excluding hydrogens is 268 g/mol. The summed E-state index contributed by atoms with van der Waals surface area (Å²) in [5.74, 6) is 0. The molecule has 0 N–H and O–H groups in total. The second kappa shape index (κ2) is 6.13. The highest BCUT2D eigenvalue weighted by atomic mass is 32.1. The van der Waals surface area contributed by atoms with Crippen LogP contribution in [-0.4, -0.2) is 13.1 Å². The molecule has 0 bridgehead atoms. The molecule has 2 aromatic rings. The molecule has 0 aliphatic carbocycles. The first-order valence-corrected chi connectivity index (χ1v) is 7.98. The quantitative estimate of drug-likeness (QED) is 0.616. The van der Waals surface area contributed by atoms with E-state index in [4.69, 9.17) is 0 Å². The minimum absolute atomic E-state index is 0.906. The first kappa shape index (κ1) is 13.2. The summed E-state index contributed by atoms with van der Waals surface area (Å²) in [4.78, 5) is 2.42. The van der Waals surface area contributed by atoms with Crippen LogP contribution in [-0.2, 0) is 6.54 Å². The Balaban J connectivity index is 1.71. The van der Waals surface area contributed by atoms with E-state index in [9.17, 15) is 0 Å². The predicted molar refractivity (Wildman–Crippen MR) is 82.3 cm³/mol. The first-order chi connectivity index (χ1) is 9.86. The smallest absolute Gasteiger partial charge is 0.372 e. The molecule has 5 heteroatoms. The monoisotopic (exact) mass is 287 g/mol. The topological polar surface area (TPSA) is 31.8 Å². The van der Waals surface area contributed by atoms with E-state index < -0.39 is 0 Å². The van der Waals surface area contributed by atoms with Gasteiger partial charge in [-0.15, -0.1) is 0 Å². The molecular formula is C15H19N4S+. The van der Waals surface area contributed by atoms with Crippen molar-refractivity contribution >= 4 is 27.8 Å². The van der Waals surface area contributed by atoms with Gasteiger partial charge in [0.2, 0.25) is 0 Å². The van der Waals surface area contributed by atoms with Gasteiger partial charge in [-0.1, -0.05) is 0 Å². The minimum atomic E-state index is 0.906. The summed E-state index contributed by atoms with van der Waals surface area (Å²) in [6, 6.07) is 8.37. The number of nitrogens with zero attached hydrogens (tertiary/aromatic N) is 4. The van der Waals surface area contributed by atoms with E-state index in [0.29, 0.717) is 0 Å². The summed E-state index contributed by atoms with van der Waals surface area (Å²) in [5.41, 5.74) is 2.20. The number of thiazole rings is 1. The van der Waals surface area contributed by atoms with Gasteiger partial charge in [-0.3, -0.25) is 0 Å². The average Bonchev–Trinajstić information content (AvgIpc) is 3.16. The molecule has 2 heterocycles. The molecule has 0 amide bonds. The zero-order chi connectivity index (χ0) is 13.8. The van der Waals surface area contributed by atoms with Crippen LogP contribution in [0.25, 0.3) is 0 Å². The van der Waals surface area contributed by atoms with Crippen molar-refractivity contribution in [1.82, 2.24) is 0 Å². The van der Waals surface area contributed by atoms with Crippen LogP contribution in [0, 0.1) is 0 Å². The average molecular weight is 287 g/mol. The Morgan fingerprint density at radius 1 is 1.15 bits per heavy atom. The molecule has 0 saturated carbocycles. The summed E-state index contributed by atoms with van der Waals surface area (Å²) in [6.07, 6.45) is 4.64. The lowest BCUT2D eigenvalue weighted by Gasteiger charge is -2.16. The summed E-state index contributed by atoms with van der Waals surface area (Å²) in [5, 5.41) is 11.6. The standard InChI is InChI=1S/C15H19N4S/c1-2-18-11-12-20-15(18)17-16-13-5-7-14(8-6-13)19-9-3-4-10-19/h5-8,11-12H,2-4,9-10H2,1H3/q+1. The Kier molecular flexibility index (Phi) is 4.06. The summed E-state index contributed by atoms with van der Waals surface area (Å²) >= 11 is 1.61. The highest BCUT2D eigenvalue weighted by Gasteiger charge is 2.12. The Morgan fingerprint density at radius 3 is 2.60 bits per heavy atom. The first-order valence-electron chi connectivity index (χ1n) is 7.10. The number of aromatic nitrogens is 1. The highest BCUT2D eigenvalue weighted by Crippen LogP contribution is 2.24. The molecule has 104 valence electrons. The van der Waals surface area contributed by atoms with Gasteiger partial charge in [-0.05, 0) is 60.5 Å². The van der Waals surface area contributed by atoms with Gasteiger partial charge in [0.05, 0.1) is 11.7 Å². The molecule has 3 rings (SSSR count). The van der Waals surface area contributed by atoms with Gasteiger partial charge >= 0.3 is 5.13 Å². The molecule has 1 aliphatic rings. The highest BCUT2D eigenvalue weighted by molar-refractivity contribution is 7.12. The molecule has 0 spiro atoms. The van der Waals surface area contributed by atoms with Crippen molar-refractivity contribution in [3.63, 3.8) is 0 Å². The second-order valence-electron chi connectivity index (χ2n) is 4.88. The maximum absolute atomic E-state index is 4.33. The lowest BCUT2D eigenvalue weighted by atomic mass is 10.2. The number of anilines is 1. The number of azo groups is 1. The van der Waals surface area contributed by atoms with Crippen molar-refractivity contribution in [2.45, 2.75) is 26.3 Å². The van der Waals surface area contributed by atoms with Crippen LogP contribution < -0.4 is 9.47 Å². The van der Waals surface area contributed by atoms with E-state index in [0.717, 1.165) is 17.4 Å². The van der Waals surface area contributed by atoms with Crippen molar-refractivity contribution < 1.29 is 4.57 Å². The zero-order valence-corrected chi connectivity index (χ0v) is 12.5. The number of hydrogen-bond acceptors (Lipinski definition) is 4. The molecule has 1 aromatic heterocycles. The van der Waals surface area contributed by atoms with Crippen LogP contribution in [0.1, 0.15) is 19.8 Å². The SMILES string of the molecule is CC[n+]1ccsc1/N=N/c1ccc(N2CCCC2)cc1. The molecule has 0 radical (unpaired) electrons. The lowest BCUT2D eigenvalue weighted by molar-refractivity contribution is -0.676. The second-order valence-corrected chi connectivity index (χ2v) is 5.76. The largest absolute Gasteiger partial charge is 0.408 e. The molecule has 1 saturated heterocycles. The summed E-state index contributed by atoms with van der Waals surface area (Å²) in [6.45, 7) is 5.38. The molecule has 0 unspecified atom stereocenters. The third-order valence-electron chi connectivity index (χ3n) is 3.57.